The summed E-state index contributed by atoms with van der Waals surface area (Å²) in [6.45, 7) is -1.20. The van der Waals surface area contributed by atoms with Gasteiger partial charge in [-0.15, -0.1) is 0 Å². The first-order valence-corrected chi connectivity index (χ1v) is 21.9. The predicted octanol–water partition coefficient (Wildman–Crippen LogP) is -8.76. The molecule has 0 aromatic carbocycles. The molecule has 0 aliphatic carbocycles. The van der Waals surface area contributed by atoms with E-state index in [1.165, 1.54) is 0 Å². The van der Waals surface area contributed by atoms with Crippen molar-refractivity contribution in [3.63, 3.8) is 0 Å². The largest absolute Gasteiger partial charge is 0.506 e. The van der Waals surface area contributed by atoms with Crippen molar-refractivity contribution in [1.82, 2.24) is 10.6 Å². The Morgan fingerprint density at radius 3 is 1.63 bits per heavy atom. The zero-order chi connectivity index (χ0) is 49.3. The van der Waals surface area contributed by atoms with E-state index < -0.39 is 190 Å². The van der Waals surface area contributed by atoms with Crippen molar-refractivity contribution in [1.29, 1.82) is 0 Å². The number of aliphatic carboxylic acids is 2. The van der Waals surface area contributed by atoms with E-state index in [1.807, 2.05) is 5.32 Å². The van der Waals surface area contributed by atoms with Crippen molar-refractivity contribution >= 4 is 54.9 Å². The molecule has 4 aliphatic heterocycles. The van der Waals surface area contributed by atoms with E-state index in [4.69, 9.17) is 33.2 Å². The van der Waals surface area contributed by atoms with Crippen molar-refractivity contribution in [2.75, 3.05) is 13.2 Å². The summed E-state index contributed by atoms with van der Waals surface area (Å²) >= 11 is 0. The third-order valence-electron chi connectivity index (χ3n) is 9.28. The van der Waals surface area contributed by atoms with E-state index in [9.17, 15) is 104 Å². The second kappa shape index (κ2) is 21.1. The molecule has 4 rings (SSSR count). The number of amides is 2. The zero-order valence-corrected chi connectivity index (χ0v) is 35.0. The van der Waals surface area contributed by atoms with Crippen LogP contribution >= 0.6 is 0 Å². The molecule has 0 bridgehead atoms. The van der Waals surface area contributed by atoms with Gasteiger partial charge in [0, 0.05) is 13.8 Å². The molecule has 4 aliphatic rings. The Labute approximate surface area is 363 Å². The monoisotopic (exact) mass is 1010 g/mol. The molecule has 2 amide bonds. The summed E-state index contributed by atoms with van der Waals surface area (Å²) in [7, 11) is -16.9. The molecule has 37 heteroatoms. The van der Waals surface area contributed by atoms with Crippen LogP contribution in [0.5, 0.6) is 0 Å². The third-order valence-corrected chi connectivity index (χ3v) is 10.6. The SMILES string of the molecule is CC(=O)N[C@H]1[C@H](O[C@H]2[C@H](O)[C@@H](O)[C@H](O[C@H]3[C@@H](OS(=O)(=O)O)[C@@H](CO)OC(O)[C@@H]3NC(C)=O)O[C@@H]2C(=O)O)O[C@H](COS(=O)(=O)O)[C@H](OS(=O)(=O)O)[C@@H]1O[C@@H]1OC(C(=O)O)=C(O)[C@H](O)[C@H]1O. The summed E-state index contributed by atoms with van der Waals surface area (Å²) in [6, 6.07) is -4.29. The van der Waals surface area contributed by atoms with Gasteiger partial charge in [0.25, 0.3) is 0 Å². The molecule has 0 aromatic heterocycles. The quantitative estimate of drug-likeness (QED) is 0.0567. The van der Waals surface area contributed by atoms with Crippen molar-refractivity contribution in [3.05, 3.63) is 11.5 Å². The highest BCUT2D eigenvalue weighted by Crippen LogP contribution is 2.37. The van der Waals surface area contributed by atoms with Gasteiger partial charge in [0.2, 0.25) is 23.9 Å². The maximum atomic E-state index is 12.7. The first kappa shape index (κ1) is 54.0. The molecule has 0 aromatic rings. The normalized spacial score (nSPS) is 38.3. The molecule has 0 radical (unpaired) electrons. The van der Waals surface area contributed by atoms with Gasteiger partial charge in [-0.2, -0.15) is 25.3 Å². The summed E-state index contributed by atoms with van der Waals surface area (Å²) < 4.78 is 150. The van der Waals surface area contributed by atoms with E-state index in [0.717, 1.165) is 13.8 Å². The fourth-order valence-electron chi connectivity index (χ4n) is 6.71. The van der Waals surface area contributed by atoms with Gasteiger partial charge in [-0.25, -0.2) is 22.1 Å². The predicted molar refractivity (Wildman–Crippen MR) is 189 cm³/mol. The molecule has 0 spiro atoms. The van der Waals surface area contributed by atoms with Crippen LogP contribution in [0.1, 0.15) is 13.8 Å². The zero-order valence-electron chi connectivity index (χ0n) is 32.6. The van der Waals surface area contributed by atoms with Crippen LogP contribution in [0.15, 0.2) is 11.5 Å². The Morgan fingerprint density at radius 2 is 1.14 bits per heavy atom. The Hall–Kier alpha value is -3.65. The average Bonchev–Trinajstić information content (AvgIpc) is 3.16. The molecule has 374 valence electrons. The van der Waals surface area contributed by atoms with Gasteiger partial charge in [-0.1, -0.05) is 0 Å². The summed E-state index contributed by atoms with van der Waals surface area (Å²) in [5.41, 5.74) is 0. The van der Waals surface area contributed by atoms with Crippen LogP contribution in [0.25, 0.3) is 0 Å². The number of ether oxygens (including phenoxy) is 7. The van der Waals surface area contributed by atoms with Gasteiger partial charge in [-0.3, -0.25) is 23.2 Å². The molecule has 4 heterocycles. The number of carbonyl (C=O) groups excluding carboxylic acids is 2. The lowest BCUT2D eigenvalue weighted by Crippen LogP contribution is -2.70. The molecule has 1 unspecified atom stereocenters. The summed E-state index contributed by atoms with van der Waals surface area (Å²) in [5, 5.41) is 97.9. The smallest absolute Gasteiger partial charge is 0.397 e. The lowest BCUT2D eigenvalue weighted by Gasteiger charge is -2.49. The maximum absolute atomic E-state index is 12.7. The second-order valence-electron chi connectivity index (χ2n) is 13.9. The number of carboxylic acid groups (broad SMARTS) is 2. The molecule has 14 N–H and O–H groups in total. The van der Waals surface area contributed by atoms with Crippen molar-refractivity contribution in [3.8, 4) is 0 Å². The Bertz CT molecular complexity index is 2120. The van der Waals surface area contributed by atoms with Crippen molar-refractivity contribution in [2.24, 2.45) is 0 Å². The highest BCUT2D eigenvalue weighted by atomic mass is 32.3. The first-order valence-electron chi connectivity index (χ1n) is 17.8. The molecule has 65 heavy (non-hydrogen) atoms. The minimum atomic E-state index is -5.80. The van der Waals surface area contributed by atoms with Crippen LogP contribution in [0, 0.1) is 0 Å². The maximum Gasteiger partial charge on any atom is 0.397 e. The van der Waals surface area contributed by atoms with Crippen LogP contribution < -0.4 is 10.6 Å². The topological polar surface area (TPSA) is 530 Å². The van der Waals surface area contributed by atoms with E-state index in [0.29, 0.717) is 0 Å². The summed E-state index contributed by atoms with van der Waals surface area (Å²) in [5.74, 6) is -9.40. The number of hydrogen-bond donors (Lipinski definition) is 14. The fraction of sp³-hybridized carbons (Fsp3) is 0.786. The average molecular weight is 1010 g/mol. The van der Waals surface area contributed by atoms with Crippen LogP contribution in [0.2, 0.25) is 0 Å². The number of aliphatic hydroxyl groups excluding tert-OH is 7. The highest BCUT2D eigenvalue weighted by Gasteiger charge is 2.58. The van der Waals surface area contributed by atoms with E-state index in [-0.39, 0.29) is 0 Å². The number of carboxylic acids is 2. The molecule has 0 saturated carbocycles. The van der Waals surface area contributed by atoms with Crippen LogP contribution in [-0.4, -0.2) is 232 Å². The Balaban J connectivity index is 1.80. The fourth-order valence-corrected chi connectivity index (χ4v) is 8.05. The number of carbonyl (C=O) groups is 4. The van der Waals surface area contributed by atoms with E-state index >= 15 is 0 Å². The highest BCUT2D eigenvalue weighted by molar-refractivity contribution is 7.81. The third kappa shape index (κ3) is 13.7. The van der Waals surface area contributed by atoms with Crippen molar-refractivity contribution < 1.29 is 150 Å². The second-order valence-corrected chi connectivity index (χ2v) is 17.1. The van der Waals surface area contributed by atoms with Crippen LogP contribution in [0.4, 0.5) is 0 Å². The molecule has 34 nitrogen and oxygen atoms in total. The van der Waals surface area contributed by atoms with Gasteiger partial charge in [0.1, 0.15) is 79.2 Å². The van der Waals surface area contributed by atoms with Crippen molar-refractivity contribution in [2.45, 2.75) is 124 Å². The van der Waals surface area contributed by atoms with Gasteiger partial charge < -0.3 is 89.8 Å². The number of rotatable bonds is 18. The van der Waals surface area contributed by atoms with E-state index in [2.05, 4.69) is 17.9 Å². The lowest BCUT2D eigenvalue weighted by molar-refractivity contribution is -0.362. The molecule has 18 atom stereocenters. The molecule has 3 fully saturated rings. The number of nitrogens with one attached hydrogen (secondary N) is 2. The Kier molecular flexibility index (Phi) is 17.5. The van der Waals surface area contributed by atoms with Crippen LogP contribution in [-0.2, 0) is 96.1 Å². The lowest BCUT2D eigenvalue weighted by atomic mass is 9.94. The van der Waals surface area contributed by atoms with Crippen LogP contribution in [0.3, 0.4) is 0 Å². The number of hydrogen-bond acceptors (Lipinski definition) is 27. The van der Waals surface area contributed by atoms with E-state index in [1.54, 1.807) is 0 Å². The summed E-state index contributed by atoms with van der Waals surface area (Å²) in [6.07, 6.45) is -39.6. The minimum absolute atomic E-state index is 0.742. The molecular weight excluding hydrogens is 972 g/mol. The number of aliphatic hydroxyl groups is 7. The summed E-state index contributed by atoms with van der Waals surface area (Å²) in [4.78, 5) is 49.1. The molecular formula is C28H42N2O32S3. The minimum Gasteiger partial charge on any atom is -0.506 e. The first-order chi connectivity index (χ1) is 29.8. The Morgan fingerprint density at radius 1 is 0.631 bits per heavy atom. The van der Waals surface area contributed by atoms with Gasteiger partial charge in [0.15, 0.2) is 30.7 Å². The van der Waals surface area contributed by atoms with Gasteiger partial charge in [0.05, 0.1) is 13.2 Å². The van der Waals surface area contributed by atoms with Gasteiger partial charge in [-0.05, 0) is 0 Å². The molecule has 3 saturated heterocycles. The van der Waals surface area contributed by atoms with Gasteiger partial charge >= 0.3 is 43.1 Å². The standard InChI is InChI=1S/C28H42N2O32S3/c1-5(32)29-9-18(16(61-64(47,48)49)7(3-31)54-25(9)43)56-28-15(38)13(36)20(22(60-28)24(41)42)58-26-10(30-6(2)33)19(57-27-14(37)11(34)12(35)21(59-27)23(39)40)17(62-65(50,51)52)8(55-26)4-53-63(44,45)46/h7-11,13-20,22,25-28,31,34-38,43H,3-4H2,1-2H3,(H,29,32)(H,30,33)(H,39,40)(H,41,42)(H,44,45,46)(H,47,48,49)(H,50,51,52)/t7-,8-,9-,10-,11+,13-,14-,15-,16+,17+,18-,19-,20+,22+,25?,26+,27-,28-/m1/s1.